The van der Waals surface area contributed by atoms with E-state index in [0.717, 1.165) is 11.3 Å². The molecule has 0 radical (unpaired) electrons. The van der Waals surface area contributed by atoms with E-state index >= 15 is 0 Å². The van der Waals surface area contributed by atoms with Gasteiger partial charge in [-0.25, -0.2) is 0 Å². The minimum absolute atomic E-state index is 0.0215. The Hall–Kier alpha value is -2.06. The summed E-state index contributed by atoms with van der Waals surface area (Å²) in [6.07, 6.45) is 0. The summed E-state index contributed by atoms with van der Waals surface area (Å²) in [4.78, 5) is 11.9. The first kappa shape index (κ1) is 18.3. The predicted octanol–water partition coefficient (Wildman–Crippen LogP) is 1.73. The van der Waals surface area contributed by atoms with Crippen molar-refractivity contribution in [3.8, 4) is 17.1 Å². The van der Waals surface area contributed by atoms with Crippen molar-refractivity contribution in [2.24, 2.45) is 7.05 Å². The van der Waals surface area contributed by atoms with E-state index in [2.05, 4.69) is 15.5 Å². The molecular formula is C16H22N4O3S. The number of nitrogens with zero attached hydrogens (tertiary/aromatic N) is 3. The summed E-state index contributed by atoms with van der Waals surface area (Å²) in [6, 6.07) is 7.61. The molecule has 0 saturated heterocycles. The summed E-state index contributed by atoms with van der Waals surface area (Å²) in [6.45, 7) is 2.38. The molecule has 1 atom stereocenters. The summed E-state index contributed by atoms with van der Waals surface area (Å²) < 4.78 is 12.2. The molecule has 0 aliphatic carbocycles. The number of rotatable bonds is 8. The number of para-hydroxylation sites is 1. The van der Waals surface area contributed by atoms with Crippen molar-refractivity contribution in [3.63, 3.8) is 0 Å². The Morgan fingerprint density at radius 1 is 1.33 bits per heavy atom. The van der Waals surface area contributed by atoms with Gasteiger partial charge in [0.05, 0.1) is 25.0 Å². The van der Waals surface area contributed by atoms with Crippen LogP contribution in [0.3, 0.4) is 0 Å². The fourth-order valence-electron chi connectivity index (χ4n) is 2.24. The Labute approximate surface area is 145 Å². The van der Waals surface area contributed by atoms with E-state index in [1.165, 1.54) is 11.8 Å². The molecule has 8 heteroatoms. The molecule has 0 spiro atoms. The lowest BCUT2D eigenvalue weighted by Gasteiger charge is -2.12. The molecule has 7 nitrogen and oxygen atoms in total. The zero-order valence-electron chi connectivity index (χ0n) is 14.3. The average molecular weight is 350 g/mol. The summed E-state index contributed by atoms with van der Waals surface area (Å²) in [5.74, 6) is 1.64. The monoisotopic (exact) mass is 350 g/mol. The van der Waals surface area contributed by atoms with Crippen LogP contribution in [0.15, 0.2) is 29.4 Å². The molecule has 0 aliphatic rings. The third-order valence-corrected chi connectivity index (χ3v) is 4.36. The van der Waals surface area contributed by atoms with E-state index in [9.17, 15) is 4.79 Å². The van der Waals surface area contributed by atoms with Crippen LogP contribution in [0, 0.1) is 0 Å². The van der Waals surface area contributed by atoms with Crippen molar-refractivity contribution < 1.29 is 14.3 Å². The van der Waals surface area contributed by atoms with E-state index in [4.69, 9.17) is 9.47 Å². The Balaban J connectivity index is 2.04. The molecule has 2 aromatic rings. The second kappa shape index (κ2) is 8.70. The molecule has 24 heavy (non-hydrogen) atoms. The van der Waals surface area contributed by atoms with Gasteiger partial charge in [-0.05, 0) is 19.1 Å². The lowest BCUT2D eigenvalue weighted by Crippen LogP contribution is -2.36. The minimum Gasteiger partial charge on any atom is -0.496 e. The lowest BCUT2D eigenvalue weighted by molar-refractivity contribution is -0.119. The van der Waals surface area contributed by atoms with Gasteiger partial charge in [0.1, 0.15) is 5.75 Å². The van der Waals surface area contributed by atoms with Gasteiger partial charge < -0.3 is 19.4 Å². The molecule has 130 valence electrons. The number of benzene rings is 1. The van der Waals surface area contributed by atoms with E-state index in [-0.39, 0.29) is 17.7 Å². The van der Waals surface area contributed by atoms with Gasteiger partial charge in [0.15, 0.2) is 11.0 Å². The highest BCUT2D eigenvalue weighted by atomic mass is 32.2. The van der Waals surface area contributed by atoms with E-state index < -0.39 is 0 Å². The highest BCUT2D eigenvalue weighted by Crippen LogP contribution is 2.29. The number of ether oxygens (including phenoxy) is 2. The molecule has 1 heterocycles. The first-order valence-electron chi connectivity index (χ1n) is 7.50. The van der Waals surface area contributed by atoms with Crippen molar-refractivity contribution in [1.29, 1.82) is 0 Å². The first-order valence-corrected chi connectivity index (χ1v) is 8.49. The van der Waals surface area contributed by atoms with Crippen LogP contribution in [0.2, 0.25) is 0 Å². The number of nitrogens with one attached hydrogen (secondary N) is 1. The topological polar surface area (TPSA) is 78.3 Å². The molecule has 0 fully saturated rings. The number of aromatic nitrogens is 3. The van der Waals surface area contributed by atoms with Crippen LogP contribution in [0.1, 0.15) is 6.92 Å². The normalized spacial score (nSPS) is 12.0. The molecule has 1 amide bonds. The van der Waals surface area contributed by atoms with Crippen LogP contribution in [0.5, 0.6) is 5.75 Å². The standard InChI is InChI=1S/C16H22N4O3S/c1-11(9-22-3)17-14(21)10-24-16-19-18-15(20(16)2)12-7-5-6-8-13(12)23-4/h5-8,11H,9-10H2,1-4H3,(H,17,21)/t11-/m1/s1. The minimum atomic E-state index is -0.0635. The molecule has 2 rings (SSSR count). The van der Waals surface area contributed by atoms with Crippen molar-refractivity contribution in [3.05, 3.63) is 24.3 Å². The first-order chi connectivity index (χ1) is 11.6. The molecule has 1 aromatic carbocycles. The fourth-order valence-corrected chi connectivity index (χ4v) is 2.96. The Kier molecular flexibility index (Phi) is 6.62. The zero-order chi connectivity index (χ0) is 17.5. The molecule has 0 unspecified atom stereocenters. The maximum atomic E-state index is 11.9. The Morgan fingerprint density at radius 2 is 2.08 bits per heavy atom. The van der Waals surface area contributed by atoms with Crippen molar-refractivity contribution in [1.82, 2.24) is 20.1 Å². The number of hydrogen-bond acceptors (Lipinski definition) is 6. The summed E-state index contributed by atoms with van der Waals surface area (Å²) in [5.41, 5.74) is 0.861. The molecule has 0 aliphatic heterocycles. The van der Waals surface area contributed by atoms with Gasteiger partial charge in [-0.2, -0.15) is 0 Å². The zero-order valence-corrected chi connectivity index (χ0v) is 15.1. The smallest absolute Gasteiger partial charge is 0.230 e. The van der Waals surface area contributed by atoms with E-state index in [1.807, 2.05) is 42.8 Å². The van der Waals surface area contributed by atoms with E-state index in [0.29, 0.717) is 17.6 Å². The highest BCUT2D eigenvalue weighted by molar-refractivity contribution is 7.99. The largest absolute Gasteiger partial charge is 0.496 e. The summed E-state index contributed by atoms with van der Waals surface area (Å²) in [5, 5.41) is 11.9. The van der Waals surface area contributed by atoms with Gasteiger partial charge in [-0.1, -0.05) is 23.9 Å². The lowest BCUT2D eigenvalue weighted by atomic mass is 10.2. The average Bonchev–Trinajstić information content (AvgIpc) is 2.93. The van der Waals surface area contributed by atoms with Crippen LogP contribution in [0.4, 0.5) is 0 Å². The van der Waals surface area contributed by atoms with Gasteiger partial charge in [-0.3, -0.25) is 4.79 Å². The second-order valence-electron chi connectivity index (χ2n) is 5.28. The molecule has 0 saturated carbocycles. The van der Waals surface area contributed by atoms with Gasteiger partial charge >= 0.3 is 0 Å². The number of amides is 1. The van der Waals surface area contributed by atoms with Crippen molar-refractivity contribution in [2.45, 2.75) is 18.1 Å². The highest BCUT2D eigenvalue weighted by Gasteiger charge is 2.16. The van der Waals surface area contributed by atoms with Crippen LogP contribution in [-0.2, 0) is 16.6 Å². The van der Waals surface area contributed by atoms with Gasteiger partial charge in [0, 0.05) is 20.2 Å². The molecule has 1 aromatic heterocycles. The van der Waals surface area contributed by atoms with Crippen LogP contribution in [-0.4, -0.2) is 53.3 Å². The van der Waals surface area contributed by atoms with Crippen LogP contribution in [0.25, 0.3) is 11.4 Å². The third-order valence-electron chi connectivity index (χ3n) is 3.34. The van der Waals surface area contributed by atoms with Crippen LogP contribution >= 0.6 is 11.8 Å². The molecule has 0 bridgehead atoms. The van der Waals surface area contributed by atoms with Gasteiger partial charge in [-0.15, -0.1) is 10.2 Å². The molecular weight excluding hydrogens is 328 g/mol. The third kappa shape index (κ3) is 4.48. The maximum absolute atomic E-state index is 11.9. The SMILES string of the molecule is COC[C@@H](C)NC(=O)CSc1nnc(-c2ccccc2OC)n1C. The second-order valence-corrected chi connectivity index (χ2v) is 6.22. The summed E-state index contributed by atoms with van der Waals surface area (Å²) >= 11 is 1.34. The molecule has 1 N–H and O–H groups in total. The predicted molar refractivity (Wildman–Crippen MR) is 93.2 cm³/mol. The number of thioether (sulfide) groups is 1. The van der Waals surface area contributed by atoms with E-state index in [1.54, 1.807) is 14.2 Å². The Bertz CT molecular complexity index is 690. The number of carbonyl (C=O) groups excluding carboxylic acids is 1. The maximum Gasteiger partial charge on any atom is 0.230 e. The van der Waals surface area contributed by atoms with Gasteiger partial charge in [0.25, 0.3) is 0 Å². The quantitative estimate of drug-likeness (QED) is 0.731. The van der Waals surface area contributed by atoms with Gasteiger partial charge in [0.2, 0.25) is 5.91 Å². The van der Waals surface area contributed by atoms with Crippen molar-refractivity contribution >= 4 is 17.7 Å². The fraction of sp³-hybridized carbons (Fsp3) is 0.438. The van der Waals surface area contributed by atoms with Crippen LogP contribution < -0.4 is 10.1 Å². The number of methoxy groups -OCH3 is 2. The number of hydrogen-bond donors (Lipinski definition) is 1. The van der Waals surface area contributed by atoms with Crippen molar-refractivity contribution in [2.75, 3.05) is 26.6 Å². The number of carbonyl (C=O) groups is 1. The Morgan fingerprint density at radius 3 is 2.79 bits per heavy atom. The summed E-state index contributed by atoms with van der Waals surface area (Å²) in [7, 11) is 5.10.